The molecule has 90 valence electrons. The van der Waals surface area contributed by atoms with Gasteiger partial charge in [0.15, 0.2) is 0 Å². The molecular weight excluding hydrogens is 206 g/mol. The number of aliphatic hydroxyl groups is 2. The van der Waals surface area contributed by atoms with Gasteiger partial charge in [-0.1, -0.05) is 30.3 Å². The van der Waals surface area contributed by atoms with Crippen molar-refractivity contribution in [2.75, 3.05) is 26.4 Å². The van der Waals surface area contributed by atoms with Crippen LogP contribution >= 0.6 is 0 Å². The van der Waals surface area contributed by atoms with Crippen molar-refractivity contribution in [1.29, 1.82) is 0 Å². The molecule has 0 aliphatic carbocycles. The van der Waals surface area contributed by atoms with Crippen LogP contribution in [0.15, 0.2) is 30.3 Å². The van der Waals surface area contributed by atoms with Crippen LogP contribution in [0.4, 0.5) is 0 Å². The maximum absolute atomic E-state index is 9.48. The fraction of sp³-hybridized carbons (Fsp3) is 0.500. The molecule has 1 atom stereocenters. The lowest BCUT2D eigenvalue weighted by Crippen LogP contribution is -2.30. The van der Waals surface area contributed by atoms with E-state index in [1.807, 2.05) is 30.3 Å². The zero-order valence-electron chi connectivity index (χ0n) is 9.30. The van der Waals surface area contributed by atoms with Crippen LogP contribution in [0.2, 0.25) is 0 Å². The van der Waals surface area contributed by atoms with E-state index in [1.54, 1.807) is 0 Å². The molecule has 0 heterocycles. The standard InChI is InChI=1S/C12H19NO3/c14-6-7-16-10-12(15)9-13-8-11-4-2-1-3-5-11/h1-5,12-15H,6-10H2. The Morgan fingerprint density at radius 3 is 2.69 bits per heavy atom. The third-order valence-corrected chi connectivity index (χ3v) is 2.10. The smallest absolute Gasteiger partial charge is 0.0897 e. The Morgan fingerprint density at radius 2 is 2.00 bits per heavy atom. The molecule has 0 radical (unpaired) electrons. The second-order valence-electron chi connectivity index (χ2n) is 3.57. The molecule has 0 bridgehead atoms. The van der Waals surface area contributed by atoms with Crippen molar-refractivity contribution >= 4 is 0 Å². The van der Waals surface area contributed by atoms with Gasteiger partial charge in [-0.05, 0) is 5.56 Å². The van der Waals surface area contributed by atoms with Crippen LogP contribution in [0, 0.1) is 0 Å². The van der Waals surface area contributed by atoms with Crippen LogP contribution in [-0.2, 0) is 11.3 Å². The van der Waals surface area contributed by atoms with Crippen LogP contribution in [0.1, 0.15) is 5.56 Å². The highest BCUT2D eigenvalue weighted by Crippen LogP contribution is 1.97. The Labute approximate surface area is 95.9 Å². The van der Waals surface area contributed by atoms with Gasteiger partial charge in [-0.25, -0.2) is 0 Å². The highest BCUT2D eigenvalue weighted by atomic mass is 16.5. The van der Waals surface area contributed by atoms with E-state index in [-0.39, 0.29) is 19.8 Å². The number of rotatable bonds is 8. The first kappa shape index (κ1) is 13.1. The van der Waals surface area contributed by atoms with Gasteiger partial charge in [0, 0.05) is 13.1 Å². The van der Waals surface area contributed by atoms with Crippen molar-refractivity contribution in [2.24, 2.45) is 0 Å². The predicted molar refractivity (Wildman–Crippen MR) is 62.1 cm³/mol. The Hall–Kier alpha value is -0.940. The molecule has 0 aliphatic rings. The minimum Gasteiger partial charge on any atom is -0.394 e. The first-order valence-corrected chi connectivity index (χ1v) is 5.44. The molecule has 4 nitrogen and oxygen atoms in total. The van der Waals surface area contributed by atoms with Crippen molar-refractivity contribution in [3.05, 3.63) is 35.9 Å². The largest absolute Gasteiger partial charge is 0.394 e. The van der Waals surface area contributed by atoms with Gasteiger partial charge in [0.05, 0.1) is 25.9 Å². The van der Waals surface area contributed by atoms with E-state index in [2.05, 4.69) is 5.32 Å². The van der Waals surface area contributed by atoms with Crippen LogP contribution in [0.25, 0.3) is 0 Å². The van der Waals surface area contributed by atoms with Crippen LogP contribution < -0.4 is 5.32 Å². The van der Waals surface area contributed by atoms with Gasteiger partial charge in [0.25, 0.3) is 0 Å². The highest BCUT2D eigenvalue weighted by Gasteiger charge is 2.03. The summed E-state index contributed by atoms with van der Waals surface area (Å²) in [7, 11) is 0. The average Bonchev–Trinajstić information content (AvgIpc) is 2.31. The summed E-state index contributed by atoms with van der Waals surface area (Å²) in [6, 6.07) is 10.00. The maximum Gasteiger partial charge on any atom is 0.0897 e. The summed E-state index contributed by atoms with van der Waals surface area (Å²) in [6.45, 7) is 1.74. The van der Waals surface area contributed by atoms with Crippen LogP contribution in [0.3, 0.4) is 0 Å². The molecule has 0 aromatic heterocycles. The normalized spacial score (nSPS) is 12.6. The van der Waals surface area contributed by atoms with Gasteiger partial charge in [-0.15, -0.1) is 0 Å². The van der Waals surface area contributed by atoms with Gasteiger partial charge in [-0.2, -0.15) is 0 Å². The SMILES string of the molecule is OCCOCC(O)CNCc1ccccc1. The van der Waals surface area contributed by atoms with Gasteiger partial charge >= 0.3 is 0 Å². The second kappa shape index (κ2) is 8.24. The lowest BCUT2D eigenvalue weighted by atomic mass is 10.2. The third kappa shape index (κ3) is 5.82. The van der Waals surface area contributed by atoms with Crippen molar-refractivity contribution in [1.82, 2.24) is 5.32 Å². The molecule has 0 saturated heterocycles. The molecule has 0 fully saturated rings. The number of hydrogen-bond donors (Lipinski definition) is 3. The number of ether oxygens (including phenoxy) is 1. The number of aliphatic hydroxyl groups excluding tert-OH is 2. The number of nitrogens with one attached hydrogen (secondary N) is 1. The first-order valence-electron chi connectivity index (χ1n) is 5.44. The Bertz CT molecular complexity index is 266. The zero-order valence-corrected chi connectivity index (χ0v) is 9.30. The Kier molecular flexibility index (Phi) is 6.76. The van der Waals surface area contributed by atoms with Gasteiger partial charge in [0.2, 0.25) is 0 Å². The molecule has 0 spiro atoms. The van der Waals surface area contributed by atoms with Crippen molar-refractivity contribution < 1.29 is 14.9 Å². The van der Waals surface area contributed by atoms with E-state index in [9.17, 15) is 5.11 Å². The van der Waals surface area contributed by atoms with Gasteiger partial charge in [0.1, 0.15) is 0 Å². The van der Waals surface area contributed by atoms with Gasteiger partial charge < -0.3 is 20.3 Å². The van der Waals surface area contributed by atoms with Gasteiger partial charge in [-0.3, -0.25) is 0 Å². The maximum atomic E-state index is 9.48. The van der Waals surface area contributed by atoms with Crippen molar-refractivity contribution in [3.8, 4) is 0 Å². The molecule has 0 aliphatic heterocycles. The molecule has 16 heavy (non-hydrogen) atoms. The molecule has 4 heteroatoms. The average molecular weight is 225 g/mol. The third-order valence-electron chi connectivity index (χ3n) is 2.10. The monoisotopic (exact) mass is 225 g/mol. The lowest BCUT2D eigenvalue weighted by Gasteiger charge is -2.11. The number of hydrogen-bond acceptors (Lipinski definition) is 4. The molecule has 1 unspecified atom stereocenters. The molecule has 1 aromatic carbocycles. The summed E-state index contributed by atoms with van der Waals surface area (Å²) in [5.74, 6) is 0. The van der Waals surface area contributed by atoms with Crippen LogP contribution in [-0.4, -0.2) is 42.7 Å². The molecule has 1 rings (SSSR count). The van der Waals surface area contributed by atoms with E-state index in [0.29, 0.717) is 6.54 Å². The van der Waals surface area contributed by atoms with E-state index < -0.39 is 6.10 Å². The molecule has 0 saturated carbocycles. The molecule has 1 aromatic rings. The van der Waals surface area contributed by atoms with Crippen molar-refractivity contribution in [3.63, 3.8) is 0 Å². The van der Waals surface area contributed by atoms with E-state index >= 15 is 0 Å². The quantitative estimate of drug-likeness (QED) is 0.551. The lowest BCUT2D eigenvalue weighted by molar-refractivity contribution is 0.0217. The Balaban J connectivity index is 2.06. The topological polar surface area (TPSA) is 61.7 Å². The highest BCUT2D eigenvalue weighted by molar-refractivity contribution is 5.14. The van der Waals surface area contributed by atoms with E-state index in [1.165, 1.54) is 5.56 Å². The summed E-state index contributed by atoms with van der Waals surface area (Å²) < 4.78 is 5.01. The second-order valence-corrected chi connectivity index (χ2v) is 3.57. The summed E-state index contributed by atoms with van der Waals surface area (Å²) in [5.41, 5.74) is 1.19. The summed E-state index contributed by atoms with van der Waals surface area (Å²) in [4.78, 5) is 0. The fourth-order valence-corrected chi connectivity index (χ4v) is 1.32. The molecule has 0 amide bonds. The predicted octanol–water partition coefficient (Wildman–Crippen LogP) is 0.146. The first-order chi connectivity index (χ1) is 7.83. The van der Waals surface area contributed by atoms with Crippen molar-refractivity contribution in [2.45, 2.75) is 12.6 Å². The summed E-state index contributed by atoms with van der Waals surface area (Å²) in [6.07, 6.45) is -0.532. The molecule has 3 N–H and O–H groups in total. The Morgan fingerprint density at radius 1 is 1.25 bits per heavy atom. The summed E-state index contributed by atoms with van der Waals surface area (Å²) >= 11 is 0. The minimum atomic E-state index is -0.532. The zero-order chi connectivity index (χ0) is 11.6. The van der Waals surface area contributed by atoms with E-state index in [0.717, 1.165) is 6.54 Å². The van der Waals surface area contributed by atoms with E-state index in [4.69, 9.17) is 9.84 Å². The minimum absolute atomic E-state index is 0.00976. The number of benzene rings is 1. The van der Waals surface area contributed by atoms with Crippen LogP contribution in [0.5, 0.6) is 0 Å². The summed E-state index contributed by atoms with van der Waals surface area (Å²) in [5, 5.41) is 21.1. The fourth-order valence-electron chi connectivity index (χ4n) is 1.32. The molecular formula is C12H19NO3.